The Morgan fingerprint density at radius 1 is 1.04 bits per heavy atom. The number of piperidine rings is 1. The lowest BCUT2D eigenvalue weighted by Gasteiger charge is -2.25. The van der Waals surface area contributed by atoms with Crippen LogP contribution in [-0.2, 0) is 9.59 Å². The minimum absolute atomic E-state index is 0.0442. The van der Waals surface area contributed by atoms with E-state index in [1.165, 1.54) is 12.1 Å². The predicted octanol–water partition coefficient (Wildman–Crippen LogP) is 2.04. The van der Waals surface area contributed by atoms with Crippen molar-refractivity contribution in [1.29, 1.82) is 0 Å². The van der Waals surface area contributed by atoms with E-state index < -0.39 is 11.7 Å². The van der Waals surface area contributed by atoms with E-state index in [4.69, 9.17) is 0 Å². The van der Waals surface area contributed by atoms with Gasteiger partial charge < -0.3 is 0 Å². The van der Waals surface area contributed by atoms with Crippen LogP contribution in [0.25, 0.3) is 0 Å². The molecule has 1 heterocycles. The van der Waals surface area contributed by atoms with Crippen molar-refractivity contribution in [3.63, 3.8) is 0 Å². The Bertz CT molecular complexity index is 713. The third-order valence-corrected chi connectivity index (χ3v) is 4.57. The Labute approximate surface area is 132 Å². The average molecular weight is 317 g/mol. The molecule has 5 nitrogen and oxygen atoms in total. The number of Topliss-reactive ketones (excluding diaryl/α,β-unsaturated/α-hetero) is 2. The van der Waals surface area contributed by atoms with Crippen molar-refractivity contribution in [2.24, 2.45) is 11.8 Å². The lowest BCUT2D eigenvalue weighted by molar-refractivity contribution is -0.136. The van der Waals surface area contributed by atoms with Crippen molar-refractivity contribution in [1.82, 2.24) is 5.32 Å². The van der Waals surface area contributed by atoms with Gasteiger partial charge in [-0.1, -0.05) is 0 Å². The molecule has 1 aromatic carbocycles. The fourth-order valence-electron chi connectivity index (χ4n) is 3.26. The van der Waals surface area contributed by atoms with Gasteiger partial charge in [-0.05, 0) is 37.5 Å². The van der Waals surface area contributed by atoms with Crippen LogP contribution in [0.4, 0.5) is 4.39 Å². The summed E-state index contributed by atoms with van der Waals surface area (Å²) in [6, 6.07) is 3.63. The van der Waals surface area contributed by atoms with E-state index in [2.05, 4.69) is 5.32 Å². The van der Waals surface area contributed by atoms with Crippen molar-refractivity contribution in [2.45, 2.75) is 32.1 Å². The van der Waals surface area contributed by atoms with Gasteiger partial charge in [0.2, 0.25) is 11.8 Å². The van der Waals surface area contributed by atoms with Gasteiger partial charge in [0, 0.05) is 35.8 Å². The molecule has 0 aromatic heterocycles. The van der Waals surface area contributed by atoms with Gasteiger partial charge in [0.15, 0.2) is 11.6 Å². The molecule has 2 aliphatic rings. The van der Waals surface area contributed by atoms with E-state index in [0.29, 0.717) is 25.7 Å². The minimum atomic E-state index is -0.535. The molecule has 120 valence electrons. The molecule has 1 aliphatic heterocycles. The van der Waals surface area contributed by atoms with Crippen LogP contribution in [0.1, 0.15) is 52.8 Å². The number of ketones is 2. The molecule has 6 heteroatoms. The van der Waals surface area contributed by atoms with Crippen molar-refractivity contribution < 1.29 is 23.6 Å². The molecule has 0 radical (unpaired) electrons. The Morgan fingerprint density at radius 3 is 2.52 bits per heavy atom. The van der Waals surface area contributed by atoms with E-state index >= 15 is 0 Å². The molecule has 1 N–H and O–H groups in total. The number of imide groups is 1. The molecular formula is C17H16FNO4. The van der Waals surface area contributed by atoms with Gasteiger partial charge in [-0.2, -0.15) is 0 Å². The fourth-order valence-corrected chi connectivity index (χ4v) is 3.26. The molecule has 23 heavy (non-hydrogen) atoms. The highest BCUT2D eigenvalue weighted by Gasteiger charge is 2.34. The van der Waals surface area contributed by atoms with Crippen LogP contribution in [0.15, 0.2) is 18.2 Å². The summed E-state index contributed by atoms with van der Waals surface area (Å²) >= 11 is 0. The van der Waals surface area contributed by atoms with Gasteiger partial charge in [0.1, 0.15) is 5.82 Å². The Hall–Kier alpha value is -2.37. The summed E-state index contributed by atoms with van der Waals surface area (Å²) in [6.07, 6.45) is 1.69. The van der Waals surface area contributed by atoms with E-state index in [-0.39, 0.29) is 46.8 Å². The Balaban J connectivity index is 1.69. The van der Waals surface area contributed by atoms with Crippen LogP contribution in [0.5, 0.6) is 0 Å². The lowest BCUT2D eigenvalue weighted by atomic mass is 9.78. The first-order chi connectivity index (χ1) is 11.0. The molecule has 2 amide bonds. The summed E-state index contributed by atoms with van der Waals surface area (Å²) < 4.78 is 13.2. The van der Waals surface area contributed by atoms with Gasteiger partial charge in [-0.15, -0.1) is 0 Å². The second kappa shape index (κ2) is 6.02. The summed E-state index contributed by atoms with van der Waals surface area (Å²) in [5.41, 5.74) is 0.406. The zero-order valence-corrected chi connectivity index (χ0v) is 12.4. The summed E-state index contributed by atoms with van der Waals surface area (Å²) in [5.74, 6) is -2.31. The number of hydrogen-bond acceptors (Lipinski definition) is 4. The quantitative estimate of drug-likeness (QED) is 0.865. The van der Waals surface area contributed by atoms with Crippen LogP contribution in [0.2, 0.25) is 0 Å². The predicted molar refractivity (Wildman–Crippen MR) is 78.3 cm³/mol. The molecule has 1 saturated heterocycles. The third-order valence-electron chi connectivity index (χ3n) is 4.57. The average Bonchev–Trinajstić information content (AvgIpc) is 2.51. The number of halogens is 1. The first-order valence-corrected chi connectivity index (χ1v) is 7.66. The molecule has 1 fully saturated rings. The van der Waals surface area contributed by atoms with Crippen LogP contribution in [-0.4, -0.2) is 23.4 Å². The lowest BCUT2D eigenvalue weighted by Crippen LogP contribution is -2.41. The van der Waals surface area contributed by atoms with Gasteiger partial charge in [0.25, 0.3) is 0 Å². The van der Waals surface area contributed by atoms with Crippen molar-refractivity contribution in [2.75, 3.05) is 0 Å². The Kier molecular flexibility index (Phi) is 4.07. The molecule has 1 aliphatic carbocycles. The monoisotopic (exact) mass is 317 g/mol. The summed E-state index contributed by atoms with van der Waals surface area (Å²) in [6.45, 7) is 0. The normalized spacial score (nSPS) is 24.4. The number of fused-ring (bicyclic) bond motifs is 1. The summed E-state index contributed by atoms with van der Waals surface area (Å²) in [4.78, 5) is 47.4. The third kappa shape index (κ3) is 3.06. The standard InChI is InChI=1S/C17H16FNO4/c18-11-4-5-12-13(8-11)14(20)7-10(16(12)22)2-1-9-3-6-15(21)19-17(9)23/h4-5,8-10H,1-3,6-7H2,(H,19,21,23). The topological polar surface area (TPSA) is 80.3 Å². The minimum Gasteiger partial charge on any atom is -0.296 e. The van der Waals surface area contributed by atoms with Gasteiger partial charge in [-0.25, -0.2) is 4.39 Å². The first kappa shape index (κ1) is 15.5. The number of amides is 2. The highest BCUT2D eigenvalue weighted by atomic mass is 19.1. The van der Waals surface area contributed by atoms with Gasteiger partial charge in [0.05, 0.1) is 0 Å². The largest absolute Gasteiger partial charge is 0.296 e. The summed E-state index contributed by atoms with van der Waals surface area (Å²) in [5, 5.41) is 2.29. The van der Waals surface area contributed by atoms with E-state index in [1.807, 2.05) is 0 Å². The maximum Gasteiger partial charge on any atom is 0.229 e. The van der Waals surface area contributed by atoms with Crippen LogP contribution < -0.4 is 5.32 Å². The maximum atomic E-state index is 13.2. The van der Waals surface area contributed by atoms with E-state index in [0.717, 1.165) is 6.07 Å². The van der Waals surface area contributed by atoms with E-state index in [9.17, 15) is 23.6 Å². The van der Waals surface area contributed by atoms with Crippen molar-refractivity contribution in [3.8, 4) is 0 Å². The zero-order valence-electron chi connectivity index (χ0n) is 12.4. The van der Waals surface area contributed by atoms with Crippen molar-refractivity contribution >= 4 is 23.4 Å². The molecule has 2 unspecified atom stereocenters. The number of carbonyl (C=O) groups is 4. The Morgan fingerprint density at radius 2 is 1.78 bits per heavy atom. The molecule has 3 rings (SSSR count). The van der Waals surface area contributed by atoms with Crippen LogP contribution in [0, 0.1) is 17.7 Å². The highest BCUT2D eigenvalue weighted by molar-refractivity contribution is 6.14. The number of nitrogens with one attached hydrogen (secondary N) is 1. The maximum absolute atomic E-state index is 13.2. The number of rotatable bonds is 3. The van der Waals surface area contributed by atoms with Crippen LogP contribution >= 0.6 is 0 Å². The number of carbonyl (C=O) groups excluding carboxylic acids is 4. The molecule has 0 saturated carbocycles. The second-order valence-corrected chi connectivity index (χ2v) is 6.10. The van der Waals surface area contributed by atoms with Gasteiger partial charge >= 0.3 is 0 Å². The second-order valence-electron chi connectivity index (χ2n) is 6.10. The highest BCUT2D eigenvalue weighted by Crippen LogP contribution is 2.31. The SMILES string of the molecule is O=C1CCC(CCC2CC(=O)c3cc(F)ccc3C2=O)C(=O)N1. The van der Waals surface area contributed by atoms with Crippen molar-refractivity contribution in [3.05, 3.63) is 35.1 Å². The molecule has 0 bridgehead atoms. The van der Waals surface area contributed by atoms with Crippen LogP contribution in [0.3, 0.4) is 0 Å². The molecule has 0 spiro atoms. The first-order valence-electron chi connectivity index (χ1n) is 7.66. The van der Waals surface area contributed by atoms with E-state index in [1.54, 1.807) is 0 Å². The molecule has 1 aromatic rings. The smallest absolute Gasteiger partial charge is 0.229 e. The number of benzene rings is 1. The number of hydrogen-bond donors (Lipinski definition) is 1. The van der Waals surface area contributed by atoms with Gasteiger partial charge in [-0.3, -0.25) is 24.5 Å². The molecule has 2 atom stereocenters. The zero-order chi connectivity index (χ0) is 16.6. The molecular weight excluding hydrogens is 301 g/mol. The summed E-state index contributed by atoms with van der Waals surface area (Å²) in [7, 11) is 0. The fraction of sp³-hybridized carbons (Fsp3) is 0.412.